The minimum Gasteiger partial charge on any atom is -0.480 e. The first-order valence-corrected chi connectivity index (χ1v) is 5.95. The van der Waals surface area contributed by atoms with E-state index in [4.69, 9.17) is 15.9 Å². The van der Waals surface area contributed by atoms with Gasteiger partial charge in [-0.3, -0.25) is 9.59 Å². The number of nitrogens with one attached hydrogen (secondary N) is 1. The number of carbonyl (C=O) groups is 3. The van der Waals surface area contributed by atoms with Crippen molar-refractivity contribution in [2.24, 2.45) is 11.7 Å². The van der Waals surface area contributed by atoms with Crippen LogP contribution >= 0.6 is 0 Å². The van der Waals surface area contributed by atoms with Crippen LogP contribution in [0.4, 0.5) is 0 Å². The fourth-order valence-corrected chi connectivity index (χ4v) is 1.18. The van der Waals surface area contributed by atoms with Crippen LogP contribution in [0.1, 0.15) is 26.0 Å². The molecule has 0 aliphatic rings. The third kappa shape index (κ3) is 7.98. The lowest BCUT2D eigenvalue weighted by molar-refractivity contribution is -0.149. The van der Waals surface area contributed by atoms with E-state index < -0.39 is 23.8 Å². The van der Waals surface area contributed by atoms with Crippen molar-refractivity contribution in [3.8, 4) is 0 Å². The predicted molar refractivity (Wildman–Crippen MR) is 70.0 cm³/mol. The Morgan fingerprint density at radius 2 is 1.95 bits per heavy atom. The molecule has 1 atom stereocenters. The van der Waals surface area contributed by atoms with Gasteiger partial charge in [0.25, 0.3) is 0 Å². The number of ketones is 1. The molecule has 20 heavy (non-hydrogen) atoms. The number of rotatable bonds is 6. The third-order valence-electron chi connectivity index (χ3n) is 2.14. The Morgan fingerprint density at radius 1 is 1.35 bits per heavy atom. The van der Waals surface area contributed by atoms with E-state index in [2.05, 4.69) is 9.97 Å². The molecular weight excluding hydrogens is 266 g/mol. The number of carboxylic acid groups (broad SMARTS) is 2. The van der Waals surface area contributed by atoms with Gasteiger partial charge in [-0.1, -0.05) is 13.8 Å². The van der Waals surface area contributed by atoms with Crippen LogP contribution in [0.25, 0.3) is 0 Å². The van der Waals surface area contributed by atoms with E-state index in [9.17, 15) is 14.4 Å². The van der Waals surface area contributed by atoms with Crippen molar-refractivity contribution < 1.29 is 24.6 Å². The highest BCUT2D eigenvalue weighted by Crippen LogP contribution is 1.99. The van der Waals surface area contributed by atoms with Gasteiger partial charge in [0.15, 0.2) is 0 Å². The van der Waals surface area contributed by atoms with Crippen molar-refractivity contribution in [2.45, 2.75) is 32.7 Å². The Kier molecular flexibility index (Phi) is 7.83. The molecule has 0 saturated heterocycles. The van der Waals surface area contributed by atoms with Crippen LogP contribution in [0.2, 0.25) is 0 Å². The van der Waals surface area contributed by atoms with Crippen LogP contribution in [0, 0.1) is 5.92 Å². The number of aromatic amines is 1. The summed E-state index contributed by atoms with van der Waals surface area (Å²) < 4.78 is 0. The van der Waals surface area contributed by atoms with Gasteiger partial charge >= 0.3 is 11.9 Å². The summed E-state index contributed by atoms with van der Waals surface area (Å²) in [6, 6.07) is -0.851. The highest BCUT2D eigenvalue weighted by atomic mass is 16.4. The predicted octanol–water partition coefficient (Wildman–Crippen LogP) is 0.0503. The topological polar surface area (TPSA) is 146 Å². The SMILES string of the molecule is CC(C)CC(=O)C(=O)O.NC(Cc1cnc[nH]1)C(=O)O. The molecule has 0 radical (unpaired) electrons. The summed E-state index contributed by atoms with van der Waals surface area (Å²) in [5.41, 5.74) is 6.00. The number of nitrogens with zero attached hydrogens (tertiary/aromatic N) is 1. The van der Waals surface area contributed by atoms with Crippen LogP contribution in [-0.2, 0) is 20.8 Å². The first-order chi connectivity index (χ1) is 9.23. The number of carbonyl (C=O) groups excluding carboxylic acids is 1. The van der Waals surface area contributed by atoms with E-state index >= 15 is 0 Å². The van der Waals surface area contributed by atoms with Gasteiger partial charge in [0, 0.05) is 24.7 Å². The van der Waals surface area contributed by atoms with E-state index in [0.717, 1.165) is 5.69 Å². The highest BCUT2D eigenvalue weighted by Gasteiger charge is 2.12. The first kappa shape index (κ1) is 17.8. The van der Waals surface area contributed by atoms with E-state index in [0.29, 0.717) is 0 Å². The van der Waals surface area contributed by atoms with Gasteiger partial charge in [0.1, 0.15) is 6.04 Å². The van der Waals surface area contributed by atoms with Crippen molar-refractivity contribution in [3.63, 3.8) is 0 Å². The van der Waals surface area contributed by atoms with Gasteiger partial charge in [-0.2, -0.15) is 0 Å². The molecule has 112 valence electrons. The molecule has 1 aromatic heterocycles. The van der Waals surface area contributed by atoms with Crippen LogP contribution in [0.5, 0.6) is 0 Å². The van der Waals surface area contributed by atoms with Crippen LogP contribution < -0.4 is 5.73 Å². The molecule has 0 bridgehead atoms. The second kappa shape index (κ2) is 8.81. The number of aliphatic carboxylic acids is 2. The normalized spacial score (nSPS) is 11.4. The summed E-state index contributed by atoms with van der Waals surface area (Å²) >= 11 is 0. The molecule has 0 amide bonds. The number of aromatic nitrogens is 2. The lowest BCUT2D eigenvalue weighted by atomic mass is 10.1. The Labute approximate surface area is 116 Å². The standard InChI is InChI=1S/C6H9N3O2.C6H10O3/c7-5(6(10)11)1-4-2-8-3-9-4;1-4(2)3-5(7)6(8)9/h2-3,5H,1,7H2,(H,8,9)(H,10,11);4H,3H2,1-2H3,(H,8,9). The van der Waals surface area contributed by atoms with Gasteiger partial charge in [0.05, 0.1) is 6.33 Å². The van der Waals surface area contributed by atoms with Crippen molar-refractivity contribution >= 4 is 17.7 Å². The van der Waals surface area contributed by atoms with Crippen molar-refractivity contribution in [3.05, 3.63) is 18.2 Å². The number of H-pyrrole nitrogens is 1. The molecule has 0 spiro atoms. The molecular formula is C12H19N3O5. The smallest absolute Gasteiger partial charge is 0.372 e. The minimum atomic E-state index is -1.33. The summed E-state index contributed by atoms with van der Waals surface area (Å²) in [6.45, 7) is 3.61. The highest BCUT2D eigenvalue weighted by molar-refractivity contribution is 6.32. The number of carboxylic acids is 2. The molecule has 8 heteroatoms. The number of imidazole rings is 1. The Bertz CT molecular complexity index is 442. The summed E-state index contributed by atoms with van der Waals surface area (Å²) in [7, 11) is 0. The maximum absolute atomic E-state index is 10.4. The van der Waals surface area contributed by atoms with Gasteiger partial charge in [-0.15, -0.1) is 0 Å². The molecule has 1 unspecified atom stereocenters. The summed E-state index contributed by atoms with van der Waals surface area (Å²) in [5, 5.41) is 16.5. The largest absolute Gasteiger partial charge is 0.480 e. The maximum atomic E-state index is 10.4. The zero-order valence-corrected chi connectivity index (χ0v) is 11.4. The second-order valence-corrected chi connectivity index (χ2v) is 4.55. The third-order valence-corrected chi connectivity index (χ3v) is 2.14. The lowest BCUT2D eigenvalue weighted by Crippen LogP contribution is -2.32. The van der Waals surface area contributed by atoms with E-state index in [1.54, 1.807) is 20.0 Å². The zero-order chi connectivity index (χ0) is 15.7. The molecule has 1 rings (SSSR count). The first-order valence-electron chi connectivity index (χ1n) is 5.95. The van der Waals surface area contributed by atoms with E-state index in [1.165, 1.54) is 6.33 Å². The molecule has 8 nitrogen and oxygen atoms in total. The monoisotopic (exact) mass is 285 g/mol. The van der Waals surface area contributed by atoms with Crippen molar-refractivity contribution in [1.29, 1.82) is 0 Å². The lowest BCUT2D eigenvalue weighted by Gasteiger charge is -2.02. The number of Topliss-reactive ketones (excluding diaryl/α,β-unsaturated/α-hetero) is 1. The van der Waals surface area contributed by atoms with Crippen LogP contribution in [-0.4, -0.2) is 43.9 Å². The Hall–Kier alpha value is -2.22. The summed E-state index contributed by atoms with van der Waals surface area (Å²) in [5.74, 6) is -2.90. The van der Waals surface area contributed by atoms with Crippen molar-refractivity contribution in [1.82, 2.24) is 9.97 Å². The number of hydrogen-bond donors (Lipinski definition) is 4. The van der Waals surface area contributed by atoms with Gasteiger partial charge in [-0.05, 0) is 5.92 Å². The van der Waals surface area contributed by atoms with Gasteiger partial charge in [-0.25, -0.2) is 9.78 Å². The van der Waals surface area contributed by atoms with Gasteiger partial charge < -0.3 is 20.9 Å². The van der Waals surface area contributed by atoms with Crippen LogP contribution in [0.3, 0.4) is 0 Å². The average Bonchev–Trinajstić information content (AvgIpc) is 2.81. The van der Waals surface area contributed by atoms with Crippen LogP contribution in [0.15, 0.2) is 12.5 Å². The van der Waals surface area contributed by atoms with E-state index in [-0.39, 0.29) is 18.8 Å². The van der Waals surface area contributed by atoms with Crippen molar-refractivity contribution in [2.75, 3.05) is 0 Å². The fraction of sp³-hybridized carbons (Fsp3) is 0.500. The quantitative estimate of drug-likeness (QED) is 0.540. The summed E-state index contributed by atoms with van der Waals surface area (Å²) in [4.78, 5) is 37.0. The summed E-state index contributed by atoms with van der Waals surface area (Å²) in [6.07, 6.45) is 3.47. The minimum absolute atomic E-state index is 0.133. The molecule has 1 heterocycles. The molecule has 1 aromatic rings. The fourth-order valence-electron chi connectivity index (χ4n) is 1.18. The Balaban J connectivity index is 0.000000370. The zero-order valence-electron chi connectivity index (χ0n) is 11.4. The maximum Gasteiger partial charge on any atom is 0.372 e. The molecule has 0 aromatic carbocycles. The average molecular weight is 285 g/mol. The second-order valence-electron chi connectivity index (χ2n) is 4.55. The number of nitrogens with two attached hydrogens (primary N) is 1. The van der Waals surface area contributed by atoms with E-state index in [1.807, 2.05) is 0 Å². The van der Waals surface area contributed by atoms with Gasteiger partial charge in [0.2, 0.25) is 5.78 Å². The molecule has 0 aliphatic heterocycles. The number of hydrogen-bond acceptors (Lipinski definition) is 5. The molecule has 5 N–H and O–H groups in total. The molecule has 0 aliphatic carbocycles. The Morgan fingerprint density at radius 3 is 2.25 bits per heavy atom. The molecule has 0 saturated carbocycles. The molecule has 0 fully saturated rings.